The minimum absolute atomic E-state index is 0.0669. The number of amides is 1. The minimum Gasteiger partial charge on any atom is -0.370 e. The summed E-state index contributed by atoms with van der Waals surface area (Å²) in [6.45, 7) is 1.11. The molecule has 0 spiro atoms. The monoisotopic (exact) mass is 353 g/mol. The van der Waals surface area contributed by atoms with Crippen molar-refractivity contribution in [2.24, 2.45) is 0 Å². The van der Waals surface area contributed by atoms with Crippen molar-refractivity contribution in [1.29, 1.82) is 0 Å². The van der Waals surface area contributed by atoms with E-state index >= 15 is 0 Å². The number of ether oxygens (including phenoxy) is 1. The van der Waals surface area contributed by atoms with E-state index in [4.69, 9.17) is 27.9 Å². The first kappa shape index (κ1) is 16.2. The van der Waals surface area contributed by atoms with Crippen molar-refractivity contribution >= 4 is 29.1 Å². The van der Waals surface area contributed by atoms with E-state index in [9.17, 15) is 9.18 Å². The summed E-state index contributed by atoms with van der Waals surface area (Å²) < 4.78 is 19.5. The number of carbonyl (C=O) groups is 1. The Hall–Kier alpha value is -1.62. The summed E-state index contributed by atoms with van der Waals surface area (Å²) >= 11 is 12.0. The normalized spacial score (nSPS) is 18.0. The quantitative estimate of drug-likeness (QED) is 0.803. The highest BCUT2D eigenvalue weighted by atomic mass is 35.5. The van der Waals surface area contributed by atoms with Crippen molar-refractivity contribution in [1.82, 2.24) is 4.90 Å². The van der Waals surface area contributed by atoms with E-state index in [2.05, 4.69) is 0 Å². The van der Waals surface area contributed by atoms with Crippen molar-refractivity contribution in [3.8, 4) is 0 Å². The van der Waals surface area contributed by atoms with Gasteiger partial charge in [0.15, 0.2) is 0 Å². The molecule has 0 aliphatic carbocycles. The molecule has 1 aliphatic rings. The first-order valence-corrected chi connectivity index (χ1v) is 7.91. The van der Waals surface area contributed by atoms with Gasteiger partial charge in [0, 0.05) is 16.6 Å². The van der Waals surface area contributed by atoms with Crippen LogP contribution in [0.2, 0.25) is 10.0 Å². The summed E-state index contributed by atoms with van der Waals surface area (Å²) in [4.78, 5) is 14.1. The van der Waals surface area contributed by atoms with E-state index < -0.39 is 5.82 Å². The van der Waals surface area contributed by atoms with Crippen molar-refractivity contribution in [2.45, 2.75) is 6.10 Å². The van der Waals surface area contributed by atoms with Gasteiger partial charge in [0.25, 0.3) is 5.91 Å². The predicted molar refractivity (Wildman–Crippen MR) is 87.5 cm³/mol. The molecule has 1 saturated heterocycles. The summed E-state index contributed by atoms with van der Waals surface area (Å²) in [6.07, 6.45) is -0.337. The molecule has 1 heterocycles. The molecule has 1 unspecified atom stereocenters. The van der Waals surface area contributed by atoms with Crippen molar-refractivity contribution in [3.63, 3.8) is 0 Å². The molecule has 0 bridgehead atoms. The van der Waals surface area contributed by atoms with E-state index in [0.29, 0.717) is 29.7 Å². The maximum Gasteiger partial charge on any atom is 0.257 e. The van der Waals surface area contributed by atoms with Gasteiger partial charge in [-0.3, -0.25) is 4.79 Å². The third kappa shape index (κ3) is 3.66. The highest BCUT2D eigenvalue weighted by Gasteiger charge is 2.27. The maximum absolute atomic E-state index is 13.8. The van der Waals surface area contributed by atoms with Crippen LogP contribution in [0.25, 0.3) is 0 Å². The smallest absolute Gasteiger partial charge is 0.257 e. The number of hydrogen-bond donors (Lipinski definition) is 0. The molecule has 1 amide bonds. The Morgan fingerprint density at radius 2 is 1.87 bits per heavy atom. The van der Waals surface area contributed by atoms with Crippen molar-refractivity contribution in [2.75, 3.05) is 19.7 Å². The van der Waals surface area contributed by atoms with Crippen LogP contribution >= 0.6 is 23.2 Å². The number of rotatable bonds is 2. The van der Waals surface area contributed by atoms with Gasteiger partial charge in [-0.2, -0.15) is 0 Å². The molecule has 2 aromatic carbocycles. The van der Waals surface area contributed by atoms with Crippen LogP contribution in [0.4, 0.5) is 4.39 Å². The fourth-order valence-electron chi connectivity index (χ4n) is 2.60. The van der Waals surface area contributed by atoms with Gasteiger partial charge in [-0.15, -0.1) is 0 Å². The molecule has 6 heteroatoms. The average Bonchev–Trinajstić information content (AvgIpc) is 2.54. The number of halogens is 3. The number of morpholine rings is 1. The lowest BCUT2D eigenvalue weighted by atomic mass is 10.1. The second-order valence-electron chi connectivity index (χ2n) is 5.29. The molecule has 0 radical (unpaired) electrons. The van der Waals surface area contributed by atoms with Crippen LogP contribution in [0.3, 0.4) is 0 Å². The Bertz CT molecular complexity index is 718. The molecular formula is C17H14Cl2FNO2. The SMILES string of the molecule is O=C(c1ccccc1F)N1CCOC(c2cc(Cl)cc(Cl)c2)C1. The molecule has 1 atom stereocenters. The summed E-state index contributed by atoms with van der Waals surface area (Å²) in [5.41, 5.74) is 0.866. The fraction of sp³-hybridized carbons (Fsp3) is 0.235. The topological polar surface area (TPSA) is 29.5 Å². The number of nitrogens with zero attached hydrogens (tertiary/aromatic N) is 1. The zero-order valence-electron chi connectivity index (χ0n) is 12.1. The second kappa shape index (κ2) is 6.87. The van der Waals surface area contributed by atoms with Gasteiger partial charge >= 0.3 is 0 Å². The van der Waals surface area contributed by atoms with Crippen LogP contribution in [0.1, 0.15) is 22.0 Å². The molecule has 1 fully saturated rings. The van der Waals surface area contributed by atoms with E-state index in [-0.39, 0.29) is 17.6 Å². The van der Waals surface area contributed by atoms with Crippen LogP contribution in [0.5, 0.6) is 0 Å². The predicted octanol–water partition coefficient (Wildman–Crippen LogP) is 4.35. The van der Waals surface area contributed by atoms with Gasteiger partial charge in [0.1, 0.15) is 11.9 Å². The third-order valence-electron chi connectivity index (χ3n) is 3.71. The summed E-state index contributed by atoms with van der Waals surface area (Å²) in [5.74, 6) is -0.865. The molecule has 0 aromatic heterocycles. The van der Waals surface area contributed by atoms with Crippen LogP contribution < -0.4 is 0 Å². The average molecular weight is 354 g/mol. The van der Waals surface area contributed by atoms with Gasteiger partial charge in [0.2, 0.25) is 0 Å². The molecular weight excluding hydrogens is 340 g/mol. The third-order valence-corrected chi connectivity index (χ3v) is 4.15. The van der Waals surface area contributed by atoms with Crippen molar-refractivity contribution in [3.05, 3.63) is 69.5 Å². The Labute approximate surface area is 143 Å². The van der Waals surface area contributed by atoms with Crippen LogP contribution in [0.15, 0.2) is 42.5 Å². The van der Waals surface area contributed by atoms with E-state index in [0.717, 1.165) is 5.56 Å². The fourth-order valence-corrected chi connectivity index (χ4v) is 3.14. The lowest BCUT2D eigenvalue weighted by Gasteiger charge is -2.33. The number of hydrogen-bond acceptors (Lipinski definition) is 2. The van der Waals surface area contributed by atoms with Gasteiger partial charge in [-0.1, -0.05) is 35.3 Å². The highest BCUT2D eigenvalue weighted by molar-refractivity contribution is 6.34. The van der Waals surface area contributed by atoms with Crippen LogP contribution in [-0.2, 0) is 4.74 Å². The first-order valence-electron chi connectivity index (χ1n) is 7.16. The lowest BCUT2D eigenvalue weighted by molar-refractivity contribution is -0.0229. The molecule has 0 saturated carbocycles. The van der Waals surface area contributed by atoms with E-state index in [1.165, 1.54) is 12.1 Å². The highest BCUT2D eigenvalue weighted by Crippen LogP contribution is 2.28. The zero-order chi connectivity index (χ0) is 16.4. The molecule has 2 aromatic rings. The Morgan fingerprint density at radius 3 is 2.57 bits per heavy atom. The Balaban J connectivity index is 1.81. The van der Waals surface area contributed by atoms with E-state index in [1.54, 1.807) is 35.2 Å². The van der Waals surface area contributed by atoms with Crippen LogP contribution in [-0.4, -0.2) is 30.5 Å². The molecule has 1 aliphatic heterocycles. The maximum atomic E-state index is 13.8. The molecule has 3 rings (SSSR count). The molecule has 3 nitrogen and oxygen atoms in total. The van der Waals surface area contributed by atoms with Crippen LogP contribution in [0, 0.1) is 5.82 Å². The molecule has 23 heavy (non-hydrogen) atoms. The number of carbonyl (C=O) groups excluding carboxylic acids is 1. The van der Waals surface area contributed by atoms with Crippen molar-refractivity contribution < 1.29 is 13.9 Å². The van der Waals surface area contributed by atoms with Gasteiger partial charge in [-0.05, 0) is 35.9 Å². The Kier molecular flexibility index (Phi) is 4.85. The number of benzene rings is 2. The molecule has 120 valence electrons. The van der Waals surface area contributed by atoms with Gasteiger partial charge in [-0.25, -0.2) is 4.39 Å². The van der Waals surface area contributed by atoms with Gasteiger partial charge in [0.05, 0.1) is 18.7 Å². The standard InChI is InChI=1S/C17H14Cl2FNO2/c18-12-7-11(8-13(19)9-12)16-10-21(5-6-23-16)17(22)14-3-1-2-4-15(14)20/h1-4,7-9,16H,5-6,10H2. The summed E-state index contributed by atoms with van der Waals surface area (Å²) in [5, 5.41) is 1.02. The summed E-state index contributed by atoms with van der Waals surface area (Å²) in [7, 11) is 0. The minimum atomic E-state index is -0.522. The zero-order valence-corrected chi connectivity index (χ0v) is 13.6. The molecule has 0 N–H and O–H groups in total. The van der Waals surface area contributed by atoms with Gasteiger partial charge < -0.3 is 9.64 Å². The second-order valence-corrected chi connectivity index (χ2v) is 6.17. The first-order chi connectivity index (χ1) is 11.0. The summed E-state index contributed by atoms with van der Waals surface area (Å²) in [6, 6.07) is 11.1. The largest absolute Gasteiger partial charge is 0.370 e. The Morgan fingerprint density at radius 1 is 1.17 bits per heavy atom. The van der Waals surface area contributed by atoms with E-state index in [1.807, 2.05) is 0 Å². The lowest BCUT2D eigenvalue weighted by Crippen LogP contribution is -2.42.